The Bertz CT molecular complexity index is 290. The minimum absolute atomic E-state index is 0.104. The average Bonchev–Trinajstić information content (AvgIpc) is 2.79. The Hall–Kier alpha value is -0.110. The van der Waals surface area contributed by atoms with Gasteiger partial charge in [0.15, 0.2) is 0 Å². The highest BCUT2D eigenvalue weighted by molar-refractivity contribution is 7.54. The first kappa shape index (κ1) is 11.4. The van der Waals surface area contributed by atoms with Gasteiger partial charge in [0.1, 0.15) is 0 Å². The minimum Gasteiger partial charge on any atom is -0.309 e. The highest BCUT2D eigenvalue weighted by Gasteiger charge is 2.47. The van der Waals surface area contributed by atoms with Gasteiger partial charge in [-0.3, -0.25) is 4.57 Å². The van der Waals surface area contributed by atoms with Gasteiger partial charge < -0.3 is 9.05 Å². The second-order valence-corrected chi connectivity index (χ2v) is 6.48. The first-order valence-electron chi connectivity index (χ1n) is 5.76. The molecule has 15 heavy (non-hydrogen) atoms. The summed E-state index contributed by atoms with van der Waals surface area (Å²) in [4.78, 5) is 0. The van der Waals surface area contributed by atoms with Crippen LogP contribution in [0.25, 0.3) is 0 Å². The van der Waals surface area contributed by atoms with Gasteiger partial charge in [-0.1, -0.05) is 12.2 Å². The first-order chi connectivity index (χ1) is 7.19. The molecule has 1 unspecified atom stereocenters. The lowest BCUT2D eigenvalue weighted by Gasteiger charge is -2.27. The topological polar surface area (TPSA) is 35.5 Å². The monoisotopic (exact) mass is 230 g/mol. The molecule has 2 aliphatic rings. The second kappa shape index (κ2) is 4.40. The number of rotatable bonds is 5. The maximum atomic E-state index is 12.5. The fraction of sp³-hybridized carbons (Fsp3) is 0.818. The van der Waals surface area contributed by atoms with E-state index in [2.05, 4.69) is 12.2 Å². The molecule has 2 bridgehead atoms. The van der Waals surface area contributed by atoms with Gasteiger partial charge in [-0.15, -0.1) is 0 Å². The van der Waals surface area contributed by atoms with Gasteiger partial charge in [0.25, 0.3) is 0 Å². The van der Waals surface area contributed by atoms with Gasteiger partial charge >= 0.3 is 7.60 Å². The molecule has 0 radical (unpaired) electrons. The van der Waals surface area contributed by atoms with Crippen LogP contribution in [0.1, 0.15) is 26.7 Å². The van der Waals surface area contributed by atoms with E-state index in [1.807, 2.05) is 13.8 Å². The zero-order chi connectivity index (χ0) is 10.9. The standard InChI is InChI=1S/C11H19O3P/c1-3-13-15(12,14-4-2)11-8-9-5-6-10(11)7-9/h5-6,9-11H,3-4,7-8H2,1-2H3/t9-,10+,11?/m0/s1. The van der Waals surface area contributed by atoms with Crippen LogP contribution in [-0.4, -0.2) is 18.9 Å². The van der Waals surface area contributed by atoms with Gasteiger partial charge in [-0.05, 0) is 38.5 Å². The Morgan fingerprint density at radius 1 is 1.20 bits per heavy atom. The van der Waals surface area contributed by atoms with Crippen LogP contribution in [0.15, 0.2) is 12.2 Å². The number of hydrogen-bond donors (Lipinski definition) is 0. The van der Waals surface area contributed by atoms with Crippen LogP contribution in [0.5, 0.6) is 0 Å². The lowest BCUT2D eigenvalue weighted by atomic mass is 10.1. The molecule has 86 valence electrons. The second-order valence-electron chi connectivity index (χ2n) is 4.22. The zero-order valence-electron chi connectivity index (χ0n) is 9.39. The summed E-state index contributed by atoms with van der Waals surface area (Å²) in [6.07, 6.45) is 6.53. The Balaban J connectivity index is 2.12. The largest absolute Gasteiger partial charge is 0.334 e. The fourth-order valence-corrected chi connectivity index (χ4v) is 5.10. The normalized spacial score (nSPS) is 33.9. The van der Waals surface area contributed by atoms with E-state index in [0.29, 0.717) is 25.0 Å². The molecule has 4 heteroatoms. The molecule has 0 aromatic carbocycles. The molecule has 2 aliphatic carbocycles. The third kappa shape index (κ3) is 2.06. The van der Waals surface area contributed by atoms with Gasteiger partial charge in [0.05, 0.1) is 18.9 Å². The Labute approximate surface area is 91.4 Å². The molecular formula is C11H19O3P. The van der Waals surface area contributed by atoms with Crippen molar-refractivity contribution in [2.75, 3.05) is 13.2 Å². The van der Waals surface area contributed by atoms with Crippen molar-refractivity contribution in [1.82, 2.24) is 0 Å². The molecule has 0 amide bonds. The van der Waals surface area contributed by atoms with Crippen LogP contribution in [0.2, 0.25) is 0 Å². The van der Waals surface area contributed by atoms with E-state index in [4.69, 9.17) is 9.05 Å². The molecule has 1 saturated carbocycles. The van der Waals surface area contributed by atoms with E-state index in [-0.39, 0.29) is 5.66 Å². The number of allylic oxidation sites excluding steroid dienone is 2. The lowest BCUT2D eigenvalue weighted by molar-refractivity contribution is 0.208. The maximum Gasteiger partial charge on any atom is 0.334 e. The Morgan fingerprint density at radius 2 is 1.87 bits per heavy atom. The minimum atomic E-state index is -2.86. The molecular weight excluding hydrogens is 211 g/mol. The van der Waals surface area contributed by atoms with Crippen molar-refractivity contribution in [2.24, 2.45) is 11.8 Å². The van der Waals surface area contributed by atoms with Crippen molar-refractivity contribution >= 4 is 7.60 Å². The van der Waals surface area contributed by atoms with E-state index in [1.165, 1.54) is 0 Å². The van der Waals surface area contributed by atoms with E-state index in [1.54, 1.807) is 0 Å². The van der Waals surface area contributed by atoms with Crippen LogP contribution in [-0.2, 0) is 13.6 Å². The molecule has 3 nitrogen and oxygen atoms in total. The van der Waals surface area contributed by atoms with Gasteiger partial charge in [-0.2, -0.15) is 0 Å². The van der Waals surface area contributed by atoms with Crippen molar-refractivity contribution in [1.29, 1.82) is 0 Å². The van der Waals surface area contributed by atoms with Crippen molar-refractivity contribution in [3.8, 4) is 0 Å². The molecule has 0 spiro atoms. The number of fused-ring (bicyclic) bond motifs is 2. The Morgan fingerprint density at radius 3 is 2.27 bits per heavy atom. The van der Waals surface area contributed by atoms with Crippen LogP contribution in [0, 0.1) is 11.8 Å². The van der Waals surface area contributed by atoms with Crippen LogP contribution in [0.4, 0.5) is 0 Å². The van der Waals surface area contributed by atoms with Crippen LogP contribution in [0.3, 0.4) is 0 Å². The van der Waals surface area contributed by atoms with E-state index in [9.17, 15) is 4.57 Å². The summed E-state index contributed by atoms with van der Waals surface area (Å²) in [5, 5.41) is 0. The Kier molecular flexibility index (Phi) is 3.34. The van der Waals surface area contributed by atoms with Gasteiger partial charge in [-0.25, -0.2) is 0 Å². The van der Waals surface area contributed by atoms with Crippen LogP contribution >= 0.6 is 7.60 Å². The average molecular weight is 230 g/mol. The molecule has 3 atom stereocenters. The molecule has 0 saturated heterocycles. The smallest absolute Gasteiger partial charge is 0.309 e. The van der Waals surface area contributed by atoms with Crippen molar-refractivity contribution in [3.05, 3.63) is 12.2 Å². The van der Waals surface area contributed by atoms with E-state index < -0.39 is 7.60 Å². The lowest BCUT2D eigenvalue weighted by Crippen LogP contribution is -2.18. The fourth-order valence-electron chi connectivity index (χ4n) is 2.70. The molecule has 0 heterocycles. The molecule has 0 aromatic heterocycles. The predicted octanol–water partition coefficient (Wildman–Crippen LogP) is 3.22. The molecule has 0 aromatic rings. The zero-order valence-corrected chi connectivity index (χ0v) is 10.3. The predicted molar refractivity (Wildman–Crippen MR) is 60.0 cm³/mol. The highest BCUT2D eigenvalue weighted by Crippen LogP contribution is 2.62. The maximum absolute atomic E-state index is 12.5. The van der Waals surface area contributed by atoms with E-state index >= 15 is 0 Å². The summed E-state index contributed by atoms with van der Waals surface area (Å²) in [6.45, 7) is 4.67. The summed E-state index contributed by atoms with van der Waals surface area (Å²) in [6, 6.07) is 0. The highest BCUT2D eigenvalue weighted by atomic mass is 31.2. The SMILES string of the molecule is CCOP(=O)(OCC)C1C[C@H]2C=C[C@@H]1C2. The van der Waals surface area contributed by atoms with Crippen molar-refractivity contribution in [3.63, 3.8) is 0 Å². The van der Waals surface area contributed by atoms with Crippen molar-refractivity contribution in [2.45, 2.75) is 32.3 Å². The third-order valence-corrected chi connectivity index (χ3v) is 5.91. The summed E-state index contributed by atoms with van der Waals surface area (Å²) in [5.41, 5.74) is 0.104. The third-order valence-electron chi connectivity index (χ3n) is 3.27. The molecule has 1 fully saturated rings. The quantitative estimate of drug-likeness (QED) is 0.537. The van der Waals surface area contributed by atoms with Crippen molar-refractivity contribution < 1.29 is 13.6 Å². The first-order valence-corrected chi connectivity index (χ1v) is 7.38. The molecule has 0 aliphatic heterocycles. The summed E-state index contributed by atoms with van der Waals surface area (Å²) in [5.74, 6) is 1.02. The summed E-state index contributed by atoms with van der Waals surface area (Å²) >= 11 is 0. The van der Waals surface area contributed by atoms with Gasteiger partial charge in [0.2, 0.25) is 0 Å². The molecule has 2 rings (SSSR count). The molecule has 0 N–H and O–H groups in total. The summed E-state index contributed by atoms with van der Waals surface area (Å²) < 4.78 is 23.3. The number of hydrogen-bond acceptors (Lipinski definition) is 3. The summed E-state index contributed by atoms with van der Waals surface area (Å²) in [7, 11) is -2.86. The van der Waals surface area contributed by atoms with Gasteiger partial charge in [0, 0.05) is 0 Å². The van der Waals surface area contributed by atoms with E-state index in [0.717, 1.165) is 12.8 Å². The van der Waals surface area contributed by atoms with Crippen LogP contribution < -0.4 is 0 Å².